The summed E-state index contributed by atoms with van der Waals surface area (Å²) in [7, 11) is -3.34. The number of aromatic nitrogens is 1. The molecule has 8 heteroatoms. The molecule has 7 nitrogen and oxygen atoms in total. The van der Waals surface area contributed by atoms with Gasteiger partial charge in [-0.3, -0.25) is 0 Å². The average Bonchev–Trinajstić information content (AvgIpc) is 3.37. The number of piperazine rings is 2. The van der Waals surface area contributed by atoms with Crippen molar-refractivity contribution in [1.82, 2.24) is 18.9 Å². The van der Waals surface area contributed by atoms with Gasteiger partial charge < -0.3 is 15.2 Å². The summed E-state index contributed by atoms with van der Waals surface area (Å²) in [5.74, 6) is 0. The quantitative estimate of drug-likeness (QED) is 0.839. The number of hydrogen-bond donors (Lipinski definition) is 2. The van der Waals surface area contributed by atoms with E-state index in [1.54, 1.807) is 8.61 Å². The van der Waals surface area contributed by atoms with Crippen LogP contribution in [0.5, 0.6) is 0 Å². The Kier molecular flexibility index (Phi) is 3.56. The van der Waals surface area contributed by atoms with Gasteiger partial charge >= 0.3 is 0 Å². The summed E-state index contributed by atoms with van der Waals surface area (Å²) in [5.41, 5.74) is 2.30. The van der Waals surface area contributed by atoms with Crippen molar-refractivity contribution in [2.75, 3.05) is 44.2 Å². The number of fused-ring (bicyclic) bond motifs is 3. The Morgan fingerprint density at radius 2 is 1.92 bits per heavy atom. The van der Waals surface area contributed by atoms with Gasteiger partial charge in [-0.15, -0.1) is 0 Å². The molecular formula is C17H23N5O2S. The maximum atomic E-state index is 13.0. The summed E-state index contributed by atoms with van der Waals surface area (Å²) in [6.45, 7) is 3.96. The third-order valence-electron chi connectivity index (χ3n) is 5.78. The lowest BCUT2D eigenvalue weighted by Gasteiger charge is -2.39. The van der Waals surface area contributed by atoms with Gasteiger partial charge in [0.2, 0.25) is 0 Å². The normalized spacial score (nSPS) is 28.2. The van der Waals surface area contributed by atoms with Gasteiger partial charge in [-0.25, -0.2) is 0 Å². The second-order valence-electron chi connectivity index (χ2n) is 7.17. The van der Waals surface area contributed by atoms with Gasteiger partial charge in [-0.1, -0.05) is 6.07 Å². The minimum absolute atomic E-state index is 0.140. The summed E-state index contributed by atoms with van der Waals surface area (Å²) in [6, 6.07) is 8.79. The molecule has 134 valence electrons. The highest BCUT2D eigenvalue weighted by Crippen LogP contribution is 2.30. The Hall–Kier alpha value is -1.61. The first-order valence-corrected chi connectivity index (χ1v) is 10.3. The Labute approximate surface area is 147 Å². The molecule has 2 atom stereocenters. The first kappa shape index (κ1) is 15.6. The van der Waals surface area contributed by atoms with Crippen LogP contribution in [0.2, 0.25) is 0 Å². The van der Waals surface area contributed by atoms with E-state index in [1.807, 2.05) is 12.3 Å². The van der Waals surface area contributed by atoms with Crippen molar-refractivity contribution in [3.05, 3.63) is 30.5 Å². The van der Waals surface area contributed by atoms with E-state index in [9.17, 15) is 8.42 Å². The largest absolute Gasteiger partial charge is 0.368 e. The first-order valence-electron chi connectivity index (χ1n) is 8.94. The van der Waals surface area contributed by atoms with Gasteiger partial charge in [-0.2, -0.15) is 17.0 Å². The zero-order valence-electron chi connectivity index (χ0n) is 14.1. The van der Waals surface area contributed by atoms with Gasteiger partial charge in [0, 0.05) is 74.1 Å². The van der Waals surface area contributed by atoms with Crippen molar-refractivity contribution in [3.8, 4) is 0 Å². The highest BCUT2D eigenvalue weighted by molar-refractivity contribution is 7.86. The van der Waals surface area contributed by atoms with Gasteiger partial charge in [0.25, 0.3) is 10.2 Å². The van der Waals surface area contributed by atoms with E-state index < -0.39 is 10.2 Å². The standard InChI is InChI=1S/C17H23N5O2S/c23-25(24,22-12-13-10-14(22)11-19-13)21-8-6-20(7-9-21)17-3-1-2-16-15(17)4-5-18-16/h1-5,13-14,18-19H,6-12H2/t13-,14-/m0/s1. The van der Waals surface area contributed by atoms with E-state index in [0.29, 0.717) is 25.7 Å². The third kappa shape index (κ3) is 2.47. The third-order valence-corrected chi connectivity index (χ3v) is 7.84. The summed E-state index contributed by atoms with van der Waals surface area (Å²) in [5, 5.41) is 4.56. The summed E-state index contributed by atoms with van der Waals surface area (Å²) < 4.78 is 29.4. The molecule has 1 aromatic heterocycles. The molecule has 2 bridgehead atoms. The molecule has 0 spiro atoms. The van der Waals surface area contributed by atoms with Crippen molar-refractivity contribution in [1.29, 1.82) is 0 Å². The number of hydrogen-bond acceptors (Lipinski definition) is 4. The number of aromatic amines is 1. The molecule has 0 aliphatic carbocycles. The SMILES string of the molecule is O=S(=O)(N1CCN(c2cccc3[nH]ccc23)CC1)N1C[C@@H]2C[C@H]1CN2. The molecule has 0 radical (unpaired) electrons. The molecule has 3 aliphatic rings. The van der Waals surface area contributed by atoms with Crippen LogP contribution in [0.3, 0.4) is 0 Å². The number of anilines is 1. The molecule has 0 unspecified atom stereocenters. The number of nitrogens with zero attached hydrogens (tertiary/aromatic N) is 3. The zero-order valence-corrected chi connectivity index (χ0v) is 14.9. The predicted octanol–water partition coefficient (Wildman–Crippen LogP) is 0.581. The predicted molar refractivity (Wildman–Crippen MR) is 97.9 cm³/mol. The summed E-state index contributed by atoms with van der Waals surface area (Å²) >= 11 is 0. The molecule has 2 N–H and O–H groups in total. The number of nitrogens with one attached hydrogen (secondary N) is 2. The highest BCUT2D eigenvalue weighted by Gasteiger charge is 2.46. The van der Waals surface area contributed by atoms with Crippen molar-refractivity contribution < 1.29 is 8.42 Å². The smallest absolute Gasteiger partial charge is 0.282 e. The van der Waals surface area contributed by atoms with Crippen molar-refractivity contribution in [2.24, 2.45) is 0 Å². The van der Waals surface area contributed by atoms with Crippen LogP contribution >= 0.6 is 0 Å². The van der Waals surface area contributed by atoms with Crippen LogP contribution in [0.15, 0.2) is 30.5 Å². The fraction of sp³-hybridized carbons (Fsp3) is 0.529. The van der Waals surface area contributed by atoms with E-state index in [2.05, 4.69) is 33.4 Å². The summed E-state index contributed by atoms with van der Waals surface area (Å²) in [6.07, 6.45) is 2.90. The van der Waals surface area contributed by atoms with Crippen LogP contribution in [0, 0.1) is 0 Å². The topological polar surface area (TPSA) is 71.7 Å². The molecule has 2 aromatic rings. The molecule has 4 heterocycles. The van der Waals surface area contributed by atoms with Crippen LogP contribution < -0.4 is 10.2 Å². The molecule has 3 fully saturated rings. The van der Waals surface area contributed by atoms with E-state index >= 15 is 0 Å². The Morgan fingerprint density at radius 3 is 2.64 bits per heavy atom. The van der Waals surface area contributed by atoms with Gasteiger partial charge in [-0.05, 0) is 24.6 Å². The van der Waals surface area contributed by atoms with Gasteiger partial charge in [0.1, 0.15) is 0 Å². The second-order valence-corrected chi connectivity index (χ2v) is 9.06. The number of H-pyrrole nitrogens is 1. The Morgan fingerprint density at radius 1 is 1.08 bits per heavy atom. The molecule has 3 saturated heterocycles. The van der Waals surface area contributed by atoms with Crippen LogP contribution in [0.4, 0.5) is 5.69 Å². The van der Waals surface area contributed by atoms with Crippen molar-refractivity contribution in [2.45, 2.75) is 18.5 Å². The molecule has 0 amide bonds. The van der Waals surface area contributed by atoms with Crippen LogP contribution in [-0.2, 0) is 10.2 Å². The van der Waals surface area contributed by atoms with Crippen LogP contribution in [0.25, 0.3) is 10.9 Å². The van der Waals surface area contributed by atoms with E-state index in [-0.39, 0.29) is 6.04 Å². The molecule has 25 heavy (non-hydrogen) atoms. The second kappa shape index (κ2) is 5.70. The Bertz CT molecular complexity index is 887. The minimum Gasteiger partial charge on any atom is -0.368 e. The minimum atomic E-state index is -3.34. The van der Waals surface area contributed by atoms with Gasteiger partial charge in [0.15, 0.2) is 0 Å². The zero-order chi connectivity index (χ0) is 17.0. The lowest BCUT2D eigenvalue weighted by atomic mass is 10.2. The molecule has 0 saturated carbocycles. The Balaban J connectivity index is 1.32. The molecule has 1 aromatic carbocycles. The maximum Gasteiger partial charge on any atom is 0.282 e. The summed E-state index contributed by atoms with van der Waals surface area (Å²) in [4.78, 5) is 5.53. The fourth-order valence-electron chi connectivity index (χ4n) is 4.46. The number of benzene rings is 1. The van der Waals surface area contributed by atoms with Crippen molar-refractivity contribution >= 4 is 26.8 Å². The molecule has 5 rings (SSSR count). The first-order chi connectivity index (χ1) is 12.1. The van der Waals surface area contributed by atoms with Crippen molar-refractivity contribution in [3.63, 3.8) is 0 Å². The van der Waals surface area contributed by atoms with Crippen LogP contribution in [0.1, 0.15) is 6.42 Å². The lowest BCUT2D eigenvalue weighted by molar-refractivity contribution is 0.295. The monoisotopic (exact) mass is 361 g/mol. The highest BCUT2D eigenvalue weighted by atomic mass is 32.2. The van der Waals surface area contributed by atoms with E-state index in [4.69, 9.17) is 0 Å². The molecule has 3 aliphatic heterocycles. The van der Waals surface area contributed by atoms with E-state index in [0.717, 1.165) is 31.6 Å². The number of rotatable bonds is 3. The van der Waals surface area contributed by atoms with E-state index in [1.165, 1.54) is 11.1 Å². The van der Waals surface area contributed by atoms with Gasteiger partial charge in [0.05, 0.1) is 0 Å². The molecular weight excluding hydrogens is 338 g/mol. The lowest BCUT2D eigenvalue weighted by Crippen LogP contribution is -2.56. The average molecular weight is 361 g/mol. The van der Waals surface area contributed by atoms with Crippen LogP contribution in [-0.4, -0.2) is 73.4 Å². The maximum absolute atomic E-state index is 13.0. The fourth-order valence-corrected chi connectivity index (χ4v) is 6.28.